The van der Waals surface area contributed by atoms with Crippen molar-refractivity contribution in [2.24, 2.45) is 0 Å². The molecule has 1 aromatic heterocycles. The van der Waals surface area contributed by atoms with Gasteiger partial charge in [0.1, 0.15) is 0 Å². The number of para-hydroxylation sites is 1. The molecule has 1 saturated heterocycles. The third kappa shape index (κ3) is 6.60. The maximum Gasteiger partial charge on any atom is 0.266 e. The summed E-state index contributed by atoms with van der Waals surface area (Å²) in [7, 11) is 0. The lowest BCUT2D eigenvalue weighted by atomic mass is 10.2. The Hall–Kier alpha value is -2.39. The van der Waals surface area contributed by atoms with Crippen molar-refractivity contribution in [3.63, 3.8) is 0 Å². The number of fused-ring (bicyclic) bond motifs is 1. The van der Waals surface area contributed by atoms with E-state index in [1.54, 1.807) is 22.8 Å². The molecule has 2 aromatic carbocycles. The minimum Gasteiger partial charge on any atom is -0.379 e. The van der Waals surface area contributed by atoms with Crippen molar-refractivity contribution < 1.29 is 9.53 Å². The quantitative estimate of drug-likeness (QED) is 0.259. The Balaban J connectivity index is 1.32. The average molecular weight is 501 g/mol. The highest BCUT2D eigenvalue weighted by molar-refractivity contribution is 7.99. The van der Waals surface area contributed by atoms with Crippen molar-refractivity contribution in [1.29, 1.82) is 0 Å². The number of nitrogens with zero attached hydrogens (tertiary/aromatic N) is 3. The number of halogens is 1. The fourth-order valence-electron chi connectivity index (χ4n) is 3.87. The summed E-state index contributed by atoms with van der Waals surface area (Å²) in [5.74, 6) is 0.838. The van der Waals surface area contributed by atoms with Gasteiger partial charge in [-0.05, 0) is 43.2 Å². The molecule has 0 aliphatic carbocycles. The van der Waals surface area contributed by atoms with Gasteiger partial charge in [0, 0.05) is 43.4 Å². The molecule has 3 aromatic rings. The molecule has 7 nitrogen and oxygen atoms in total. The second kappa shape index (κ2) is 12.4. The Bertz CT molecular complexity index is 1180. The Morgan fingerprint density at radius 3 is 2.76 bits per heavy atom. The van der Waals surface area contributed by atoms with E-state index in [1.165, 1.54) is 11.8 Å². The second-order valence-electron chi connectivity index (χ2n) is 8.14. The molecule has 9 heteroatoms. The highest BCUT2D eigenvalue weighted by atomic mass is 35.5. The van der Waals surface area contributed by atoms with Gasteiger partial charge in [-0.2, -0.15) is 0 Å². The third-order valence-corrected chi connectivity index (χ3v) is 6.95. The predicted molar refractivity (Wildman–Crippen MR) is 137 cm³/mol. The summed E-state index contributed by atoms with van der Waals surface area (Å²) in [6.45, 7) is 4.91. The van der Waals surface area contributed by atoms with Crippen LogP contribution in [0.2, 0.25) is 5.02 Å². The van der Waals surface area contributed by atoms with E-state index in [1.807, 2.05) is 30.3 Å². The first-order chi connectivity index (χ1) is 16.6. The summed E-state index contributed by atoms with van der Waals surface area (Å²) in [5.41, 5.74) is 1.25. The maximum absolute atomic E-state index is 13.3. The van der Waals surface area contributed by atoms with E-state index < -0.39 is 0 Å². The maximum atomic E-state index is 13.3. The van der Waals surface area contributed by atoms with Crippen LogP contribution in [-0.4, -0.2) is 65.5 Å². The molecule has 0 unspecified atom stereocenters. The van der Waals surface area contributed by atoms with Crippen LogP contribution in [0.4, 0.5) is 0 Å². The Kier molecular flexibility index (Phi) is 8.98. The summed E-state index contributed by atoms with van der Waals surface area (Å²) >= 11 is 7.71. The van der Waals surface area contributed by atoms with Crippen LogP contribution in [-0.2, 0) is 9.53 Å². The topological polar surface area (TPSA) is 76.5 Å². The van der Waals surface area contributed by atoms with Crippen molar-refractivity contribution in [2.75, 3.05) is 45.1 Å². The summed E-state index contributed by atoms with van der Waals surface area (Å²) in [6, 6.07) is 14.6. The van der Waals surface area contributed by atoms with Crippen LogP contribution in [0.3, 0.4) is 0 Å². The zero-order valence-corrected chi connectivity index (χ0v) is 20.6. The van der Waals surface area contributed by atoms with Gasteiger partial charge in [-0.3, -0.25) is 19.1 Å². The standard InChI is InChI=1S/C25H29ClN4O3S/c26-19-6-5-7-20(18-19)30-24(32)21-8-1-2-9-22(21)28-25(30)34-17-4-3-10-23(31)27-11-12-29-13-15-33-16-14-29/h1-2,5-9,18H,3-4,10-17H2,(H,27,31). The molecular formula is C25H29ClN4O3S. The van der Waals surface area contributed by atoms with Gasteiger partial charge in [-0.1, -0.05) is 41.6 Å². The number of ether oxygens (including phenoxy) is 1. The lowest BCUT2D eigenvalue weighted by molar-refractivity contribution is -0.121. The third-order valence-electron chi connectivity index (χ3n) is 5.69. The minimum atomic E-state index is -0.116. The van der Waals surface area contributed by atoms with Crippen LogP contribution in [0.25, 0.3) is 16.6 Å². The van der Waals surface area contributed by atoms with Crippen molar-refractivity contribution in [3.8, 4) is 5.69 Å². The first kappa shape index (κ1) is 24.7. The van der Waals surface area contributed by atoms with Crippen LogP contribution in [0.5, 0.6) is 0 Å². The summed E-state index contributed by atoms with van der Waals surface area (Å²) in [6.07, 6.45) is 2.13. The molecule has 0 saturated carbocycles. The van der Waals surface area contributed by atoms with E-state index >= 15 is 0 Å². The van der Waals surface area contributed by atoms with Gasteiger partial charge in [0.15, 0.2) is 5.16 Å². The number of unbranched alkanes of at least 4 members (excludes halogenated alkanes) is 1. The summed E-state index contributed by atoms with van der Waals surface area (Å²) < 4.78 is 6.96. The van der Waals surface area contributed by atoms with Crippen molar-refractivity contribution in [1.82, 2.24) is 19.8 Å². The van der Waals surface area contributed by atoms with Gasteiger partial charge in [0.2, 0.25) is 5.91 Å². The SMILES string of the molecule is O=C(CCCCSc1nc2ccccc2c(=O)n1-c1cccc(Cl)c1)NCCN1CCOCC1. The fourth-order valence-corrected chi connectivity index (χ4v) is 5.07. The van der Waals surface area contributed by atoms with E-state index in [-0.39, 0.29) is 11.5 Å². The van der Waals surface area contributed by atoms with Gasteiger partial charge in [0.05, 0.1) is 29.8 Å². The molecule has 0 atom stereocenters. The van der Waals surface area contributed by atoms with Crippen molar-refractivity contribution in [2.45, 2.75) is 24.4 Å². The number of thioether (sulfide) groups is 1. The van der Waals surface area contributed by atoms with Crippen molar-refractivity contribution >= 4 is 40.2 Å². The van der Waals surface area contributed by atoms with Crippen molar-refractivity contribution in [3.05, 3.63) is 63.9 Å². The predicted octanol–water partition coefficient (Wildman–Crippen LogP) is 3.75. The lowest BCUT2D eigenvalue weighted by Crippen LogP contribution is -2.41. The zero-order chi connectivity index (χ0) is 23.8. The Morgan fingerprint density at radius 1 is 1.12 bits per heavy atom. The number of benzene rings is 2. The van der Waals surface area contributed by atoms with Gasteiger partial charge >= 0.3 is 0 Å². The first-order valence-electron chi connectivity index (χ1n) is 11.6. The highest BCUT2D eigenvalue weighted by Gasteiger charge is 2.14. The number of hydrogen-bond donors (Lipinski definition) is 1. The molecular weight excluding hydrogens is 472 g/mol. The van der Waals surface area contributed by atoms with Crippen LogP contribution < -0.4 is 10.9 Å². The number of carbonyl (C=O) groups is 1. The Labute approximate surface area is 208 Å². The Morgan fingerprint density at radius 2 is 1.94 bits per heavy atom. The van der Waals surface area contributed by atoms with E-state index in [0.717, 1.165) is 51.4 Å². The monoisotopic (exact) mass is 500 g/mol. The molecule has 1 aliphatic rings. The summed E-state index contributed by atoms with van der Waals surface area (Å²) in [4.78, 5) is 32.5. The average Bonchev–Trinajstić information content (AvgIpc) is 2.84. The first-order valence-corrected chi connectivity index (χ1v) is 13.0. The summed E-state index contributed by atoms with van der Waals surface area (Å²) in [5, 5.41) is 4.76. The largest absolute Gasteiger partial charge is 0.379 e. The normalized spacial score (nSPS) is 14.4. The number of amides is 1. The lowest BCUT2D eigenvalue weighted by Gasteiger charge is -2.26. The highest BCUT2D eigenvalue weighted by Crippen LogP contribution is 2.24. The van der Waals surface area contributed by atoms with E-state index in [2.05, 4.69) is 10.2 Å². The van der Waals surface area contributed by atoms with E-state index in [9.17, 15) is 9.59 Å². The second-order valence-corrected chi connectivity index (χ2v) is 9.64. The molecule has 1 aliphatic heterocycles. The molecule has 0 radical (unpaired) electrons. The minimum absolute atomic E-state index is 0.0814. The molecule has 34 heavy (non-hydrogen) atoms. The number of nitrogens with one attached hydrogen (secondary N) is 1. The van der Waals surface area contributed by atoms with E-state index in [0.29, 0.717) is 39.7 Å². The molecule has 0 spiro atoms. The molecule has 1 N–H and O–H groups in total. The smallest absolute Gasteiger partial charge is 0.266 e. The number of hydrogen-bond acceptors (Lipinski definition) is 6. The van der Waals surface area contributed by atoms with Crippen LogP contribution >= 0.6 is 23.4 Å². The molecule has 1 amide bonds. The van der Waals surface area contributed by atoms with Gasteiger partial charge in [0.25, 0.3) is 5.56 Å². The number of morpholine rings is 1. The molecule has 4 rings (SSSR count). The molecule has 2 heterocycles. The van der Waals surface area contributed by atoms with Crippen LogP contribution in [0.15, 0.2) is 58.5 Å². The van der Waals surface area contributed by atoms with Gasteiger partial charge in [-0.25, -0.2) is 4.98 Å². The van der Waals surface area contributed by atoms with E-state index in [4.69, 9.17) is 21.3 Å². The molecule has 0 bridgehead atoms. The number of carbonyl (C=O) groups excluding carboxylic acids is 1. The fraction of sp³-hybridized carbons (Fsp3) is 0.400. The molecule has 1 fully saturated rings. The zero-order valence-electron chi connectivity index (χ0n) is 19.0. The number of rotatable bonds is 10. The van der Waals surface area contributed by atoms with Crippen LogP contribution in [0.1, 0.15) is 19.3 Å². The van der Waals surface area contributed by atoms with Crippen LogP contribution in [0, 0.1) is 0 Å². The van der Waals surface area contributed by atoms with Gasteiger partial charge in [-0.15, -0.1) is 0 Å². The van der Waals surface area contributed by atoms with Gasteiger partial charge < -0.3 is 10.1 Å². The molecule has 180 valence electrons. The number of aromatic nitrogens is 2.